The highest BCUT2D eigenvalue weighted by molar-refractivity contribution is 9.10. The van der Waals surface area contributed by atoms with Gasteiger partial charge in [0.25, 0.3) is 0 Å². The SMILES string of the molecule is COCCNCCC(C)CCc1cc(Br)c(Cl)s1. The smallest absolute Gasteiger partial charge is 0.107 e. The molecule has 1 aromatic heterocycles. The highest BCUT2D eigenvalue weighted by atomic mass is 79.9. The zero-order valence-corrected chi connectivity index (χ0v) is 14.1. The molecule has 0 aliphatic carbocycles. The Hall–Kier alpha value is 0.390. The molecular formula is C13H21BrClNOS. The summed E-state index contributed by atoms with van der Waals surface area (Å²) in [6.45, 7) is 5.11. The van der Waals surface area contributed by atoms with Gasteiger partial charge in [-0.2, -0.15) is 0 Å². The van der Waals surface area contributed by atoms with E-state index < -0.39 is 0 Å². The maximum absolute atomic E-state index is 6.03. The van der Waals surface area contributed by atoms with E-state index in [1.54, 1.807) is 18.4 Å². The summed E-state index contributed by atoms with van der Waals surface area (Å²) in [4.78, 5) is 1.37. The quantitative estimate of drug-likeness (QED) is 0.665. The van der Waals surface area contributed by atoms with Crippen molar-refractivity contribution in [3.05, 3.63) is 19.8 Å². The van der Waals surface area contributed by atoms with E-state index in [0.29, 0.717) is 0 Å². The maximum atomic E-state index is 6.03. The van der Waals surface area contributed by atoms with Crippen LogP contribution in [0.4, 0.5) is 0 Å². The molecule has 0 saturated carbocycles. The zero-order chi connectivity index (χ0) is 13.4. The Morgan fingerprint density at radius 1 is 1.44 bits per heavy atom. The molecule has 0 amide bonds. The third kappa shape index (κ3) is 6.53. The summed E-state index contributed by atoms with van der Waals surface area (Å²) in [6, 6.07) is 2.14. The number of ether oxygens (including phenoxy) is 1. The molecule has 1 unspecified atom stereocenters. The highest BCUT2D eigenvalue weighted by Crippen LogP contribution is 2.33. The molecule has 0 fully saturated rings. The number of methoxy groups -OCH3 is 1. The molecule has 0 aliphatic heterocycles. The fourth-order valence-corrected chi connectivity index (χ4v) is 3.50. The van der Waals surface area contributed by atoms with Gasteiger partial charge in [0.1, 0.15) is 4.34 Å². The summed E-state index contributed by atoms with van der Waals surface area (Å²) in [7, 11) is 1.73. The molecule has 0 saturated heterocycles. The molecule has 0 aliphatic rings. The minimum Gasteiger partial charge on any atom is -0.383 e. The number of hydrogen-bond donors (Lipinski definition) is 1. The molecule has 1 heterocycles. The van der Waals surface area contributed by atoms with Crippen molar-refractivity contribution in [1.29, 1.82) is 0 Å². The standard InChI is InChI=1S/C13H21BrClNOS/c1-10(5-6-16-7-8-17-2)3-4-11-9-12(14)13(15)18-11/h9-10,16H,3-8H2,1-2H3. The zero-order valence-electron chi connectivity index (χ0n) is 11.0. The molecule has 1 aromatic rings. The summed E-state index contributed by atoms with van der Waals surface area (Å²) in [5.41, 5.74) is 0. The van der Waals surface area contributed by atoms with Crippen molar-refractivity contribution in [3.8, 4) is 0 Å². The average Bonchev–Trinajstić information content (AvgIpc) is 2.66. The number of nitrogens with one attached hydrogen (secondary N) is 1. The first-order valence-corrected chi connectivity index (χ1v) is 8.25. The van der Waals surface area contributed by atoms with E-state index in [0.717, 1.165) is 40.8 Å². The summed E-state index contributed by atoms with van der Waals surface area (Å²) >= 11 is 11.1. The van der Waals surface area contributed by atoms with E-state index in [9.17, 15) is 0 Å². The Kier molecular flexibility index (Phi) is 8.51. The molecule has 0 aromatic carbocycles. The van der Waals surface area contributed by atoms with Crippen molar-refractivity contribution in [2.75, 3.05) is 26.8 Å². The lowest BCUT2D eigenvalue weighted by molar-refractivity contribution is 0.199. The van der Waals surface area contributed by atoms with Gasteiger partial charge in [0.2, 0.25) is 0 Å². The van der Waals surface area contributed by atoms with Crippen LogP contribution in [0.25, 0.3) is 0 Å². The van der Waals surface area contributed by atoms with Gasteiger partial charge in [-0.25, -0.2) is 0 Å². The summed E-state index contributed by atoms with van der Waals surface area (Å²) < 4.78 is 6.88. The Morgan fingerprint density at radius 2 is 2.22 bits per heavy atom. The van der Waals surface area contributed by atoms with Crippen molar-refractivity contribution in [2.24, 2.45) is 5.92 Å². The van der Waals surface area contributed by atoms with Crippen LogP contribution >= 0.6 is 38.9 Å². The third-order valence-corrected chi connectivity index (χ3v) is 5.41. The maximum Gasteiger partial charge on any atom is 0.107 e. The number of thiophene rings is 1. The van der Waals surface area contributed by atoms with Gasteiger partial charge in [0, 0.05) is 23.0 Å². The second-order valence-electron chi connectivity index (χ2n) is 4.51. The lowest BCUT2D eigenvalue weighted by atomic mass is 10.0. The van der Waals surface area contributed by atoms with Gasteiger partial charge in [0.15, 0.2) is 0 Å². The molecule has 18 heavy (non-hydrogen) atoms. The van der Waals surface area contributed by atoms with Crippen LogP contribution in [0.1, 0.15) is 24.6 Å². The molecule has 1 rings (SSSR count). The van der Waals surface area contributed by atoms with Crippen molar-refractivity contribution in [3.63, 3.8) is 0 Å². The lowest BCUT2D eigenvalue weighted by Gasteiger charge is -2.11. The molecule has 0 bridgehead atoms. The number of halogens is 2. The van der Waals surface area contributed by atoms with Gasteiger partial charge in [-0.15, -0.1) is 11.3 Å². The van der Waals surface area contributed by atoms with Crippen LogP contribution in [0.2, 0.25) is 4.34 Å². The first-order chi connectivity index (χ1) is 8.63. The molecule has 5 heteroatoms. The largest absolute Gasteiger partial charge is 0.383 e. The Labute approximate surface area is 127 Å². The van der Waals surface area contributed by atoms with E-state index in [1.807, 2.05) is 0 Å². The molecule has 1 N–H and O–H groups in total. The van der Waals surface area contributed by atoms with E-state index in [-0.39, 0.29) is 0 Å². The second-order valence-corrected chi connectivity index (χ2v) is 7.10. The highest BCUT2D eigenvalue weighted by Gasteiger charge is 2.07. The van der Waals surface area contributed by atoms with Gasteiger partial charge in [-0.3, -0.25) is 0 Å². The normalized spacial score (nSPS) is 12.9. The van der Waals surface area contributed by atoms with Gasteiger partial charge in [-0.05, 0) is 53.7 Å². The van der Waals surface area contributed by atoms with E-state index in [1.165, 1.54) is 17.7 Å². The van der Waals surface area contributed by atoms with Crippen molar-refractivity contribution in [1.82, 2.24) is 5.32 Å². The third-order valence-electron chi connectivity index (χ3n) is 2.88. The molecular weight excluding hydrogens is 334 g/mol. The number of hydrogen-bond acceptors (Lipinski definition) is 3. The van der Waals surface area contributed by atoms with Crippen molar-refractivity contribution < 1.29 is 4.74 Å². The van der Waals surface area contributed by atoms with E-state index in [4.69, 9.17) is 16.3 Å². The molecule has 1 atom stereocenters. The minimum atomic E-state index is 0.736. The number of rotatable bonds is 9. The number of aryl methyl sites for hydroxylation is 1. The molecule has 0 spiro atoms. The van der Waals surface area contributed by atoms with Crippen LogP contribution in [-0.4, -0.2) is 26.8 Å². The monoisotopic (exact) mass is 353 g/mol. The van der Waals surface area contributed by atoms with Gasteiger partial charge in [-0.1, -0.05) is 18.5 Å². The Bertz CT molecular complexity index is 326. The predicted molar refractivity (Wildman–Crippen MR) is 83.9 cm³/mol. The van der Waals surface area contributed by atoms with Crippen LogP contribution in [0.15, 0.2) is 10.5 Å². The minimum absolute atomic E-state index is 0.736. The summed E-state index contributed by atoms with van der Waals surface area (Å²) in [5.74, 6) is 0.736. The van der Waals surface area contributed by atoms with Crippen LogP contribution in [0, 0.1) is 5.92 Å². The first-order valence-electron chi connectivity index (χ1n) is 6.26. The predicted octanol–water partition coefficient (Wildman–Crippen LogP) is 4.36. The lowest BCUT2D eigenvalue weighted by Crippen LogP contribution is -2.21. The first kappa shape index (κ1) is 16.4. The molecule has 2 nitrogen and oxygen atoms in total. The van der Waals surface area contributed by atoms with Crippen LogP contribution in [0.3, 0.4) is 0 Å². The Balaban J connectivity index is 2.11. The van der Waals surface area contributed by atoms with Crippen molar-refractivity contribution in [2.45, 2.75) is 26.2 Å². The van der Waals surface area contributed by atoms with E-state index in [2.05, 4.69) is 34.2 Å². The van der Waals surface area contributed by atoms with Crippen LogP contribution in [0.5, 0.6) is 0 Å². The van der Waals surface area contributed by atoms with Crippen LogP contribution < -0.4 is 5.32 Å². The molecule has 104 valence electrons. The second kappa shape index (κ2) is 9.32. The van der Waals surface area contributed by atoms with Gasteiger partial charge < -0.3 is 10.1 Å². The summed E-state index contributed by atoms with van der Waals surface area (Å²) in [6.07, 6.45) is 3.55. The summed E-state index contributed by atoms with van der Waals surface area (Å²) in [5, 5.41) is 3.38. The van der Waals surface area contributed by atoms with E-state index >= 15 is 0 Å². The van der Waals surface area contributed by atoms with Gasteiger partial charge in [0.05, 0.1) is 6.61 Å². The Morgan fingerprint density at radius 3 is 2.83 bits per heavy atom. The van der Waals surface area contributed by atoms with Crippen LogP contribution in [-0.2, 0) is 11.2 Å². The topological polar surface area (TPSA) is 21.3 Å². The van der Waals surface area contributed by atoms with Crippen molar-refractivity contribution >= 4 is 38.9 Å². The fourth-order valence-electron chi connectivity index (χ4n) is 1.70. The van der Waals surface area contributed by atoms with Gasteiger partial charge >= 0.3 is 0 Å². The average molecular weight is 355 g/mol. The fraction of sp³-hybridized carbons (Fsp3) is 0.692. The molecule has 0 radical (unpaired) electrons.